The Bertz CT molecular complexity index is 659. The molecule has 0 aliphatic heterocycles. The summed E-state index contributed by atoms with van der Waals surface area (Å²) in [7, 11) is 0. The molecule has 1 aromatic heterocycles. The van der Waals surface area contributed by atoms with Crippen LogP contribution in [0.3, 0.4) is 0 Å². The lowest BCUT2D eigenvalue weighted by Gasteiger charge is -2.20. The van der Waals surface area contributed by atoms with Gasteiger partial charge < -0.3 is 5.11 Å². The summed E-state index contributed by atoms with van der Waals surface area (Å²) < 4.78 is 2.50. The molecule has 0 spiro atoms. The zero-order valence-corrected chi connectivity index (χ0v) is 14.4. The van der Waals surface area contributed by atoms with Crippen molar-refractivity contribution in [3.05, 3.63) is 26.8 Å². The topological polar surface area (TPSA) is 80.9 Å². The van der Waals surface area contributed by atoms with E-state index in [-0.39, 0.29) is 18.4 Å². The molecule has 2 aromatic rings. The Kier molecular flexibility index (Phi) is 5.15. The van der Waals surface area contributed by atoms with Crippen LogP contribution in [0.4, 0.5) is 0 Å². The molecule has 0 fully saturated rings. The van der Waals surface area contributed by atoms with E-state index in [9.17, 15) is 4.79 Å². The molecular weight excluding hydrogens is 407 g/mol. The minimum absolute atomic E-state index is 0.0339. The Hall–Kier alpha value is -1.22. The summed E-state index contributed by atoms with van der Waals surface area (Å²) in [4.78, 5) is 11.1. The molecule has 0 aliphatic rings. The maximum Gasteiger partial charge on any atom is 0.305 e. The number of hydrogen-bond donors (Lipinski definition) is 1. The molecule has 8 heteroatoms. The molecule has 0 saturated carbocycles. The summed E-state index contributed by atoms with van der Waals surface area (Å²) in [6.45, 7) is 3.89. The van der Waals surface area contributed by atoms with E-state index in [4.69, 9.17) is 16.7 Å². The third-order valence-corrected chi connectivity index (χ3v) is 4.71. The quantitative estimate of drug-likeness (QED) is 0.751. The van der Waals surface area contributed by atoms with Crippen LogP contribution in [0.5, 0.6) is 0 Å². The second-order valence-electron chi connectivity index (χ2n) is 4.99. The Morgan fingerprint density at radius 2 is 2.19 bits per heavy atom. The molecule has 0 aliphatic carbocycles. The Balaban J connectivity index is 2.45. The van der Waals surface area contributed by atoms with Gasteiger partial charge in [0, 0.05) is 9.13 Å². The molecule has 0 bridgehead atoms. The minimum atomic E-state index is -0.879. The van der Waals surface area contributed by atoms with Gasteiger partial charge in [0.05, 0.1) is 17.5 Å². The van der Waals surface area contributed by atoms with Crippen LogP contribution in [0.15, 0.2) is 18.2 Å². The predicted octanol–water partition coefficient (Wildman–Crippen LogP) is 3.27. The van der Waals surface area contributed by atoms with Gasteiger partial charge in [0.1, 0.15) is 0 Å². The van der Waals surface area contributed by atoms with Crippen molar-refractivity contribution in [2.75, 3.05) is 0 Å². The van der Waals surface area contributed by atoms with Crippen LogP contribution < -0.4 is 0 Å². The van der Waals surface area contributed by atoms with Gasteiger partial charge in [-0.2, -0.15) is 0 Å². The van der Waals surface area contributed by atoms with Crippen LogP contribution in [-0.2, 0) is 4.79 Å². The van der Waals surface area contributed by atoms with E-state index in [1.165, 1.54) is 0 Å². The van der Waals surface area contributed by atoms with Crippen molar-refractivity contribution in [2.24, 2.45) is 5.92 Å². The van der Waals surface area contributed by atoms with Crippen LogP contribution in [0.1, 0.15) is 26.3 Å². The Morgan fingerprint density at radius 1 is 1.48 bits per heavy atom. The van der Waals surface area contributed by atoms with Gasteiger partial charge in [-0.3, -0.25) is 4.79 Å². The third-order valence-electron chi connectivity index (χ3n) is 3.14. The zero-order chi connectivity index (χ0) is 15.6. The third kappa shape index (κ3) is 3.70. The second kappa shape index (κ2) is 6.69. The summed E-state index contributed by atoms with van der Waals surface area (Å²) in [6, 6.07) is 5.21. The molecule has 112 valence electrons. The molecule has 0 radical (unpaired) electrons. The molecular formula is C13H14ClIN4O2. The molecule has 1 N–H and O–H groups in total. The molecule has 6 nitrogen and oxygen atoms in total. The van der Waals surface area contributed by atoms with Crippen molar-refractivity contribution in [2.45, 2.75) is 26.3 Å². The number of nitrogens with zero attached hydrogens (tertiary/aromatic N) is 4. The summed E-state index contributed by atoms with van der Waals surface area (Å²) in [5, 5.41) is 21.4. The number of carbonyl (C=O) groups is 1. The number of halogens is 2. The fourth-order valence-corrected chi connectivity index (χ4v) is 2.54. The minimum Gasteiger partial charge on any atom is -0.481 e. The van der Waals surface area contributed by atoms with Gasteiger partial charge in [-0.1, -0.05) is 25.4 Å². The SMILES string of the molecule is CC(C)C(CC(=O)O)n1nnnc1-c1ccc(I)c(Cl)c1. The van der Waals surface area contributed by atoms with Gasteiger partial charge in [0.15, 0.2) is 5.82 Å². The normalized spacial score (nSPS) is 12.6. The smallest absolute Gasteiger partial charge is 0.305 e. The molecule has 1 atom stereocenters. The number of tetrazole rings is 1. The molecule has 0 amide bonds. The lowest BCUT2D eigenvalue weighted by Crippen LogP contribution is -2.21. The van der Waals surface area contributed by atoms with Crippen molar-refractivity contribution in [3.8, 4) is 11.4 Å². The molecule has 1 unspecified atom stereocenters. The van der Waals surface area contributed by atoms with E-state index in [0.29, 0.717) is 10.8 Å². The van der Waals surface area contributed by atoms with Crippen molar-refractivity contribution in [1.29, 1.82) is 0 Å². The first kappa shape index (κ1) is 16.2. The first-order chi connectivity index (χ1) is 9.90. The number of aromatic nitrogens is 4. The highest BCUT2D eigenvalue weighted by Crippen LogP contribution is 2.29. The van der Waals surface area contributed by atoms with E-state index in [2.05, 4.69) is 38.1 Å². The maximum absolute atomic E-state index is 11.1. The highest BCUT2D eigenvalue weighted by molar-refractivity contribution is 14.1. The zero-order valence-electron chi connectivity index (χ0n) is 11.5. The standard InChI is InChI=1S/C13H14ClIN4O2/c1-7(2)11(6-12(20)21)19-13(16-17-18-19)8-3-4-10(15)9(14)5-8/h3-5,7,11H,6H2,1-2H3,(H,20,21). The van der Waals surface area contributed by atoms with Gasteiger partial charge in [-0.25, -0.2) is 4.68 Å². The van der Waals surface area contributed by atoms with E-state index in [1.807, 2.05) is 26.0 Å². The van der Waals surface area contributed by atoms with Crippen molar-refractivity contribution >= 4 is 40.2 Å². The van der Waals surface area contributed by atoms with E-state index >= 15 is 0 Å². The molecule has 1 heterocycles. The second-order valence-corrected chi connectivity index (χ2v) is 6.55. The Labute approximate surface area is 140 Å². The van der Waals surface area contributed by atoms with Crippen LogP contribution in [0, 0.1) is 9.49 Å². The number of hydrogen-bond acceptors (Lipinski definition) is 4. The van der Waals surface area contributed by atoms with E-state index < -0.39 is 5.97 Å². The summed E-state index contributed by atoms with van der Waals surface area (Å²) in [5.41, 5.74) is 0.765. The monoisotopic (exact) mass is 420 g/mol. The fourth-order valence-electron chi connectivity index (χ4n) is 2.03. The summed E-state index contributed by atoms with van der Waals surface area (Å²) in [6.07, 6.45) is -0.0339. The molecule has 1 aromatic carbocycles. The number of aliphatic carboxylic acids is 1. The number of benzene rings is 1. The van der Waals surface area contributed by atoms with E-state index in [0.717, 1.165) is 9.13 Å². The number of rotatable bonds is 5. The first-order valence-corrected chi connectivity index (χ1v) is 7.81. The van der Waals surface area contributed by atoms with Gasteiger partial charge in [-0.15, -0.1) is 5.10 Å². The lowest BCUT2D eigenvalue weighted by molar-refractivity contribution is -0.138. The van der Waals surface area contributed by atoms with E-state index in [1.54, 1.807) is 10.7 Å². The predicted molar refractivity (Wildman–Crippen MR) is 87.1 cm³/mol. The maximum atomic E-state index is 11.1. The van der Waals surface area contributed by atoms with Crippen LogP contribution in [0.2, 0.25) is 5.02 Å². The summed E-state index contributed by atoms with van der Waals surface area (Å²) in [5.74, 6) is -0.272. The Morgan fingerprint density at radius 3 is 2.76 bits per heavy atom. The summed E-state index contributed by atoms with van der Waals surface area (Å²) >= 11 is 8.27. The average molecular weight is 421 g/mol. The fraction of sp³-hybridized carbons (Fsp3) is 0.385. The van der Waals surface area contributed by atoms with Gasteiger partial charge in [-0.05, 0) is 57.1 Å². The van der Waals surface area contributed by atoms with Gasteiger partial charge in [0.25, 0.3) is 0 Å². The van der Waals surface area contributed by atoms with Crippen molar-refractivity contribution in [3.63, 3.8) is 0 Å². The average Bonchev–Trinajstić information content (AvgIpc) is 2.87. The van der Waals surface area contributed by atoms with Crippen LogP contribution in [0.25, 0.3) is 11.4 Å². The highest BCUT2D eigenvalue weighted by atomic mass is 127. The first-order valence-electron chi connectivity index (χ1n) is 6.35. The number of carboxylic acid groups (broad SMARTS) is 1. The number of carboxylic acids is 1. The largest absolute Gasteiger partial charge is 0.481 e. The molecule has 2 rings (SSSR count). The lowest BCUT2D eigenvalue weighted by atomic mass is 10.0. The van der Waals surface area contributed by atoms with Crippen molar-refractivity contribution < 1.29 is 9.90 Å². The molecule has 21 heavy (non-hydrogen) atoms. The molecule has 0 saturated heterocycles. The van der Waals surface area contributed by atoms with Crippen molar-refractivity contribution in [1.82, 2.24) is 20.2 Å². The van der Waals surface area contributed by atoms with Gasteiger partial charge >= 0.3 is 5.97 Å². The van der Waals surface area contributed by atoms with Gasteiger partial charge in [0.2, 0.25) is 0 Å². The van der Waals surface area contributed by atoms with Crippen LogP contribution in [-0.4, -0.2) is 31.3 Å². The van der Waals surface area contributed by atoms with Crippen LogP contribution >= 0.6 is 34.2 Å². The highest BCUT2D eigenvalue weighted by Gasteiger charge is 2.24.